The number of sulfonamides is 1. The van der Waals surface area contributed by atoms with E-state index >= 15 is 0 Å². The van der Waals surface area contributed by atoms with Crippen LogP contribution in [0.2, 0.25) is 0 Å². The molecule has 2 rings (SSSR count). The average molecular weight is 356 g/mol. The Labute approximate surface area is 148 Å². The number of carbonyl (C=O) groups is 1. The van der Waals surface area contributed by atoms with Gasteiger partial charge in [0.25, 0.3) is 0 Å². The van der Waals surface area contributed by atoms with Gasteiger partial charge in [0.15, 0.2) is 0 Å². The highest BCUT2D eigenvalue weighted by molar-refractivity contribution is 7.89. The van der Waals surface area contributed by atoms with Crippen molar-refractivity contribution in [1.29, 1.82) is 0 Å². The molecule has 0 saturated heterocycles. The lowest BCUT2D eigenvalue weighted by molar-refractivity contribution is -0.111. The molecule has 0 aliphatic heterocycles. The molecule has 0 heterocycles. The lowest BCUT2D eigenvalue weighted by atomic mass is 10.1. The summed E-state index contributed by atoms with van der Waals surface area (Å²) in [7, 11) is -3.57. The summed E-state index contributed by atoms with van der Waals surface area (Å²) < 4.78 is 26.3. The predicted octanol–water partition coefficient (Wildman–Crippen LogP) is 3.11. The quantitative estimate of drug-likeness (QED) is 0.591. The molecule has 2 aromatic carbocycles. The number of anilines is 1. The van der Waals surface area contributed by atoms with Gasteiger partial charge in [0.2, 0.25) is 15.9 Å². The van der Waals surface area contributed by atoms with E-state index < -0.39 is 10.0 Å². The van der Waals surface area contributed by atoms with Crippen molar-refractivity contribution >= 4 is 27.7 Å². The third kappa shape index (κ3) is 5.70. The normalized spacial score (nSPS) is 11.4. The van der Waals surface area contributed by atoms with Crippen LogP contribution in [0.25, 0.3) is 6.08 Å². The molecule has 0 atom stereocenters. The fourth-order valence-electron chi connectivity index (χ4n) is 2.00. The van der Waals surface area contributed by atoms with Crippen LogP contribution in [0.1, 0.15) is 11.1 Å². The fourth-order valence-corrected chi connectivity index (χ4v) is 3.00. The van der Waals surface area contributed by atoms with Crippen molar-refractivity contribution in [3.8, 4) is 0 Å². The van der Waals surface area contributed by atoms with E-state index in [0.717, 1.165) is 11.1 Å². The molecular weight excluding hydrogens is 336 g/mol. The van der Waals surface area contributed by atoms with Crippen LogP contribution < -0.4 is 10.0 Å². The van der Waals surface area contributed by atoms with Gasteiger partial charge in [-0.25, -0.2) is 13.1 Å². The Balaban J connectivity index is 1.99. The highest BCUT2D eigenvalue weighted by atomic mass is 32.2. The third-order valence-corrected chi connectivity index (χ3v) is 4.79. The van der Waals surface area contributed by atoms with Crippen LogP contribution in [-0.2, 0) is 14.8 Å². The third-order valence-electron chi connectivity index (χ3n) is 3.35. The Kier molecular flexibility index (Phi) is 6.27. The van der Waals surface area contributed by atoms with Crippen molar-refractivity contribution in [3.05, 3.63) is 78.4 Å². The SMILES string of the molecule is C=CCNS(=O)(=O)c1ccc(NC(=O)C=Cc2ccc(C)cc2)cc1. The van der Waals surface area contributed by atoms with E-state index in [9.17, 15) is 13.2 Å². The largest absolute Gasteiger partial charge is 0.323 e. The summed E-state index contributed by atoms with van der Waals surface area (Å²) in [5, 5.41) is 2.69. The van der Waals surface area contributed by atoms with Gasteiger partial charge in [-0.3, -0.25) is 4.79 Å². The number of hydrogen-bond donors (Lipinski definition) is 2. The van der Waals surface area contributed by atoms with Gasteiger partial charge in [-0.15, -0.1) is 6.58 Å². The molecule has 130 valence electrons. The monoisotopic (exact) mass is 356 g/mol. The van der Waals surface area contributed by atoms with Crippen LogP contribution in [0.5, 0.6) is 0 Å². The van der Waals surface area contributed by atoms with E-state index in [1.165, 1.54) is 24.3 Å². The molecule has 2 N–H and O–H groups in total. The highest BCUT2D eigenvalue weighted by Crippen LogP contribution is 2.14. The lowest BCUT2D eigenvalue weighted by Gasteiger charge is -2.06. The first-order chi connectivity index (χ1) is 11.9. The van der Waals surface area contributed by atoms with E-state index in [1.54, 1.807) is 18.2 Å². The Morgan fingerprint density at radius 3 is 2.32 bits per heavy atom. The zero-order valence-corrected chi connectivity index (χ0v) is 14.7. The van der Waals surface area contributed by atoms with Gasteiger partial charge < -0.3 is 5.32 Å². The van der Waals surface area contributed by atoms with Crippen LogP contribution >= 0.6 is 0 Å². The molecule has 1 amide bonds. The molecule has 0 fully saturated rings. The van der Waals surface area contributed by atoms with Crippen molar-refractivity contribution < 1.29 is 13.2 Å². The lowest BCUT2D eigenvalue weighted by Crippen LogP contribution is -2.23. The number of amides is 1. The number of aryl methyl sites for hydroxylation is 1. The minimum Gasteiger partial charge on any atom is -0.323 e. The first-order valence-corrected chi connectivity index (χ1v) is 9.15. The molecule has 0 radical (unpaired) electrons. The summed E-state index contributed by atoms with van der Waals surface area (Å²) in [6, 6.07) is 13.7. The molecule has 0 unspecified atom stereocenters. The number of benzene rings is 2. The topological polar surface area (TPSA) is 75.3 Å². The zero-order valence-electron chi connectivity index (χ0n) is 13.9. The average Bonchev–Trinajstić information content (AvgIpc) is 2.60. The second kappa shape index (κ2) is 8.41. The Morgan fingerprint density at radius 2 is 1.72 bits per heavy atom. The second-order valence-corrected chi connectivity index (χ2v) is 7.17. The van der Waals surface area contributed by atoms with E-state index in [2.05, 4.69) is 16.6 Å². The molecular formula is C19H20N2O3S. The van der Waals surface area contributed by atoms with Crippen LogP contribution in [0, 0.1) is 6.92 Å². The molecule has 2 aromatic rings. The first kappa shape index (κ1) is 18.6. The summed E-state index contributed by atoms with van der Waals surface area (Å²) in [6.07, 6.45) is 4.61. The predicted molar refractivity (Wildman–Crippen MR) is 101 cm³/mol. The van der Waals surface area contributed by atoms with Crippen LogP contribution in [0.4, 0.5) is 5.69 Å². The van der Waals surface area contributed by atoms with Crippen molar-refractivity contribution in [1.82, 2.24) is 4.72 Å². The maximum atomic E-state index is 12.0. The van der Waals surface area contributed by atoms with Gasteiger partial charge in [-0.2, -0.15) is 0 Å². The standard InChI is InChI=1S/C19H20N2O3S/c1-3-14-20-25(23,24)18-11-9-17(10-12-18)21-19(22)13-8-16-6-4-15(2)5-7-16/h3-13,20H,1,14H2,2H3,(H,21,22). The Hall–Kier alpha value is -2.70. The summed E-state index contributed by atoms with van der Waals surface area (Å²) in [6.45, 7) is 5.62. The number of hydrogen-bond acceptors (Lipinski definition) is 3. The molecule has 5 nitrogen and oxygen atoms in total. The van der Waals surface area contributed by atoms with Crippen LogP contribution in [0.3, 0.4) is 0 Å². The van der Waals surface area contributed by atoms with Crippen LogP contribution in [0.15, 0.2) is 72.2 Å². The molecule has 0 aromatic heterocycles. The summed E-state index contributed by atoms with van der Waals surface area (Å²) >= 11 is 0. The molecule has 0 saturated carbocycles. The van der Waals surface area contributed by atoms with Crippen LogP contribution in [-0.4, -0.2) is 20.9 Å². The molecule has 0 bridgehead atoms. The molecule has 0 spiro atoms. The minimum absolute atomic E-state index is 0.127. The fraction of sp³-hybridized carbons (Fsp3) is 0.105. The minimum atomic E-state index is -3.57. The number of nitrogens with one attached hydrogen (secondary N) is 2. The summed E-state index contributed by atoms with van der Waals surface area (Å²) in [5.74, 6) is -0.291. The van der Waals surface area contributed by atoms with Crippen molar-refractivity contribution in [3.63, 3.8) is 0 Å². The van der Waals surface area contributed by atoms with Gasteiger partial charge >= 0.3 is 0 Å². The molecule has 6 heteroatoms. The van der Waals surface area contributed by atoms with Gasteiger partial charge in [-0.05, 0) is 42.8 Å². The second-order valence-electron chi connectivity index (χ2n) is 5.40. The van der Waals surface area contributed by atoms with E-state index in [-0.39, 0.29) is 17.3 Å². The smallest absolute Gasteiger partial charge is 0.248 e. The highest BCUT2D eigenvalue weighted by Gasteiger charge is 2.12. The Morgan fingerprint density at radius 1 is 1.08 bits per heavy atom. The summed E-state index contributed by atoms with van der Waals surface area (Å²) in [5.41, 5.74) is 2.59. The van der Waals surface area contributed by atoms with Crippen molar-refractivity contribution in [2.45, 2.75) is 11.8 Å². The summed E-state index contributed by atoms with van der Waals surface area (Å²) in [4.78, 5) is 12.1. The Bertz CT molecular complexity index is 868. The molecule has 0 aliphatic rings. The first-order valence-electron chi connectivity index (χ1n) is 7.67. The van der Waals surface area contributed by atoms with Gasteiger partial charge in [-0.1, -0.05) is 35.9 Å². The van der Waals surface area contributed by atoms with Crippen molar-refractivity contribution in [2.24, 2.45) is 0 Å². The van der Waals surface area contributed by atoms with Gasteiger partial charge in [0.1, 0.15) is 0 Å². The van der Waals surface area contributed by atoms with Gasteiger partial charge in [0.05, 0.1) is 4.90 Å². The van der Waals surface area contributed by atoms with E-state index in [0.29, 0.717) is 5.69 Å². The molecule has 0 aliphatic carbocycles. The maximum Gasteiger partial charge on any atom is 0.248 e. The molecule has 25 heavy (non-hydrogen) atoms. The zero-order chi connectivity index (χ0) is 18.3. The number of rotatable bonds is 7. The number of carbonyl (C=O) groups excluding carboxylic acids is 1. The van der Waals surface area contributed by atoms with Crippen molar-refractivity contribution in [2.75, 3.05) is 11.9 Å². The van der Waals surface area contributed by atoms with E-state index in [1.807, 2.05) is 31.2 Å². The van der Waals surface area contributed by atoms with E-state index in [4.69, 9.17) is 0 Å². The maximum absolute atomic E-state index is 12.0. The van der Waals surface area contributed by atoms with Gasteiger partial charge in [0, 0.05) is 18.3 Å².